The Balaban J connectivity index is 2.25. The Labute approximate surface area is 85.1 Å². The van der Waals surface area contributed by atoms with Gasteiger partial charge in [-0.3, -0.25) is 4.79 Å². The molecule has 0 aliphatic carbocycles. The van der Waals surface area contributed by atoms with Crippen LogP contribution in [0.2, 0.25) is 0 Å². The molecule has 0 bridgehead atoms. The van der Waals surface area contributed by atoms with Crippen LogP contribution >= 0.6 is 0 Å². The van der Waals surface area contributed by atoms with Gasteiger partial charge in [-0.2, -0.15) is 0 Å². The van der Waals surface area contributed by atoms with Gasteiger partial charge in [0.15, 0.2) is 0 Å². The number of nitrogens with one attached hydrogen (secondary N) is 2. The lowest BCUT2D eigenvalue weighted by atomic mass is 9.98. The third kappa shape index (κ3) is 3.64. The topological polar surface area (TPSA) is 61.4 Å². The monoisotopic (exact) mass is 200 g/mol. The maximum atomic E-state index is 11.7. The van der Waals surface area contributed by atoms with E-state index in [2.05, 4.69) is 10.6 Å². The average molecular weight is 200 g/mol. The minimum atomic E-state index is 0.0782. The zero-order chi connectivity index (χ0) is 10.4. The van der Waals surface area contributed by atoms with E-state index in [1.165, 1.54) is 0 Å². The molecule has 0 saturated carbocycles. The first kappa shape index (κ1) is 11.5. The molecule has 2 atom stereocenters. The van der Waals surface area contributed by atoms with Crippen LogP contribution in [0.25, 0.3) is 0 Å². The van der Waals surface area contributed by atoms with Gasteiger partial charge in [-0.25, -0.2) is 0 Å². The van der Waals surface area contributed by atoms with Crippen molar-refractivity contribution >= 4 is 5.91 Å². The first-order valence-electron chi connectivity index (χ1n) is 5.36. The largest absolute Gasteiger partial charge is 0.396 e. The minimum absolute atomic E-state index is 0.0782. The summed E-state index contributed by atoms with van der Waals surface area (Å²) in [5, 5.41) is 14.8. The van der Waals surface area contributed by atoms with Gasteiger partial charge in [0.25, 0.3) is 0 Å². The molecule has 2 unspecified atom stereocenters. The molecule has 4 heteroatoms. The van der Waals surface area contributed by atoms with Crippen LogP contribution in [0.1, 0.15) is 26.2 Å². The Hall–Kier alpha value is -0.610. The SMILES string of the molecule is CC(CCO)NC(=O)C1CCCNC1. The normalized spacial score (nSPS) is 24.3. The zero-order valence-corrected chi connectivity index (χ0v) is 8.75. The molecule has 0 aromatic heterocycles. The molecular weight excluding hydrogens is 180 g/mol. The van der Waals surface area contributed by atoms with E-state index in [-0.39, 0.29) is 24.5 Å². The Kier molecular flexibility index (Phi) is 4.90. The number of amides is 1. The molecule has 1 aliphatic rings. The van der Waals surface area contributed by atoms with Crippen molar-refractivity contribution in [3.63, 3.8) is 0 Å². The summed E-state index contributed by atoms with van der Waals surface area (Å²) in [4.78, 5) is 11.7. The van der Waals surface area contributed by atoms with Crippen LogP contribution in [0.4, 0.5) is 0 Å². The highest BCUT2D eigenvalue weighted by Crippen LogP contribution is 2.10. The summed E-state index contributed by atoms with van der Waals surface area (Å²) < 4.78 is 0. The average Bonchev–Trinajstić information content (AvgIpc) is 2.19. The summed E-state index contributed by atoms with van der Waals surface area (Å²) in [7, 11) is 0. The van der Waals surface area contributed by atoms with Gasteiger partial charge < -0.3 is 15.7 Å². The van der Waals surface area contributed by atoms with E-state index in [4.69, 9.17) is 5.11 Å². The predicted molar refractivity (Wildman–Crippen MR) is 54.9 cm³/mol. The highest BCUT2D eigenvalue weighted by Gasteiger charge is 2.21. The molecule has 1 fully saturated rings. The summed E-state index contributed by atoms with van der Waals surface area (Å²) in [6.07, 6.45) is 2.68. The molecule has 82 valence electrons. The molecule has 1 heterocycles. The third-order valence-corrected chi connectivity index (χ3v) is 2.62. The number of aliphatic hydroxyl groups excluding tert-OH is 1. The Morgan fingerprint density at radius 3 is 3.07 bits per heavy atom. The molecule has 0 spiro atoms. The fraction of sp³-hybridized carbons (Fsp3) is 0.900. The zero-order valence-electron chi connectivity index (χ0n) is 8.75. The summed E-state index contributed by atoms with van der Waals surface area (Å²) in [5.41, 5.74) is 0. The highest BCUT2D eigenvalue weighted by molar-refractivity contribution is 5.79. The second-order valence-corrected chi connectivity index (χ2v) is 3.97. The van der Waals surface area contributed by atoms with E-state index < -0.39 is 0 Å². The standard InChI is InChI=1S/C10H20N2O2/c1-8(4-6-13)12-10(14)9-3-2-5-11-7-9/h8-9,11,13H,2-7H2,1H3,(H,12,14). The summed E-state index contributed by atoms with van der Waals surface area (Å²) in [6, 6.07) is 0.0782. The maximum Gasteiger partial charge on any atom is 0.224 e. The summed E-state index contributed by atoms with van der Waals surface area (Å²) in [6.45, 7) is 3.86. The molecule has 14 heavy (non-hydrogen) atoms. The van der Waals surface area contributed by atoms with Crippen LogP contribution < -0.4 is 10.6 Å². The number of carbonyl (C=O) groups excluding carboxylic acids is 1. The Morgan fingerprint density at radius 2 is 2.50 bits per heavy atom. The molecule has 3 N–H and O–H groups in total. The van der Waals surface area contributed by atoms with Crippen molar-refractivity contribution in [2.75, 3.05) is 19.7 Å². The Morgan fingerprint density at radius 1 is 1.71 bits per heavy atom. The van der Waals surface area contributed by atoms with E-state index in [1.807, 2.05) is 6.92 Å². The minimum Gasteiger partial charge on any atom is -0.396 e. The van der Waals surface area contributed by atoms with Crippen LogP contribution in [0, 0.1) is 5.92 Å². The fourth-order valence-corrected chi connectivity index (χ4v) is 1.70. The van der Waals surface area contributed by atoms with E-state index in [9.17, 15) is 4.79 Å². The molecule has 0 aromatic carbocycles. The van der Waals surface area contributed by atoms with Gasteiger partial charge in [-0.15, -0.1) is 0 Å². The molecule has 1 aliphatic heterocycles. The smallest absolute Gasteiger partial charge is 0.224 e. The number of hydrogen-bond donors (Lipinski definition) is 3. The Bertz CT molecular complexity index is 179. The first-order chi connectivity index (χ1) is 6.74. The van der Waals surface area contributed by atoms with Gasteiger partial charge in [0.2, 0.25) is 5.91 Å². The van der Waals surface area contributed by atoms with Crippen molar-refractivity contribution in [2.24, 2.45) is 5.92 Å². The van der Waals surface area contributed by atoms with Gasteiger partial charge in [-0.05, 0) is 32.7 Å². The van der Waals surface area contributed by atoms with E-state index in [1.54, 1.807) is 0 Å². The van der Waals surface area contributed by atoms with Gasteiger partial charge in [0, 0.05) is 19.2 Å². The quantitative estimate of drug-likeness (QED) is 0.592. The second kappa shape index (κ2) is 5.98. The van der Waals surface area contributed by atoms with Gasteiger partial charge in [0.1, 0.15) is 0 Å². The number of aliphatic hydroxyl groups is 1. The van der Waals surface area contributed by atoms with E-state index >= 15 is 0 Å². The number of carbonyl (C=O) groups is 1. The predicted octanol–water partition coefficient (Wildman–Crippen LogP) is -0.127. The van der Waals surface area contributed by atoms with Crippen LogP contribution in [0.15, 0.2) is 0 Å². The second-order valence-electron chi connectivity index (χ2n) is 3.97. The van der Waals surface area contributed by atoms with Crippen LogP contribution in [-0.4, -0.2) is 36.8 Å². The highest BCUT2D eigenvalue weighted by atomic mass is 16.3. The third-order valence-electron chi connectivity index (χ3n) is 2.62. The van der Waals surface area contributed by atoms with Crippen molar-refractivity contribution in [3.05, 3.63) is 0 Å². The van der Waals surface area contributed by atoms with Crippen molar-refractivity contribution in [3.8, 4) is 0 Å². The van der Waals surface area contributed by atoms with Gasteiger partial charge in [-0.1, -0.05) is 0 Å². The lowest BCUT2D eigenvalue weighted by Gasteiger charge is -2.23. The number of rotatable bonds is 4. The van der Waals surface area contributed by atoms with Crippen LogP contribution in [-0.2, 0) is 4.79 Å². The van der Waals surface area contributed by atoms with Crippen molar-refractivity contribution in [1.82, 2.24) is 10.6 Å². The molecule has 0 radical (unpaired) electrons. The first-order valence-corrected chi connectivity index (χ1v) is 5.36. The van der Waals surface area contributed by atoms with Gasteiger partial charge in [0.05, 0.1) is 5.92 Å². The van der Waals surface area contributed by atoms with Gasteiger partial charge >= 0.3 is 0 Å². The van der Waals surface area contributed by atoms with Crippen molar-refractivity contribution in [2.45, 2.75) is 32.2 Å². The van der Waals surface area contributed by atoms with Crippen LogP contribution in [0.3, 0.4) is 0 Å². The molecule has 1 amide bonds. The molecule has 1 saturated heterocycles. The summed E-state index contributed by atoms with van der Waals surface area (Å²) >= 11 is 0. The molecule has 1 rings (SSSR count). The summed E-state index contributed by atoms with van der Waals surface area (Å²) in [5.74, 6) is 0.239. The van der Waals surface area contributed by atoms with E-state index in [0.717, 1.165) is 25.9 Å². The maximum absolute atomic E-state index is 11.7. The molecule has 4 nitrogen and oxygen atoms in total. The van der Waals surface area contributed by atoms with Crippen molar-refractivity contribution < 1.29 is 9.90 Å². The lowest BCUT2D eigenvalue weighted by molar-refractivity contribution is -0.126. The fourth-order valence-electron chi connectivity index (χ4n) is 1.70. The van der Waals surface area contributed by atoms with Crippen molar-refractivity contribution in [1.29, 1.82) is 0 Å². The van der Waals surface area contributed by atoms with Crippen LogP contribution in [0.5, 0.6) is 0 Å². The molecule has 0 aromatic rings. The van der Waals surface area contributed by atoms with E-state index in [0.29, 0.717) is 6.42 Å². The number of hydrogen-bond acceptors (Lipinski definition) is 3. The molecular formula is C10H20N2O2. The lowest BCUT2D eigenvalue weighted by Crippen LogP contribution is -2.43. The number of piperidine rings is 1.